The lowest BCUT2D eigenvalue weighted by atomic mass is 9.99. The smallest absolute Gasteiger partial charge is 0.257 e. The van der Waals surface area contributed by atoms with Gasteiger partial charge in [-0.1, -0.05) is 0 Å². The second kappa shape index (κ2) is 7.62. The summed E-state index contributed by atoms with van der Waals surface area (Å²) in [5.41, 5.74) is 0.808. The minimum absolute atomic E-state index is 0.263. The predicted molar refractivity (Wildman–Crippen MR) is 123 cm³/mol. The molecule has 2 heterocycles. The molecule has 0 bridgehead atoms. The van der Waals surface area contributed by atoms with Crippen molar-refractivity contribution in [2.45, 2.75) is 48.9 Å². The number of aryl methyl sites for hydroxylation is 1. The Hall–Kier alpha value is -3.33. The zero-order chi connectivity index (χ0) is 23.4. The van der Waals surface area contributed by atoms with Gasteiger partial charge in [0.2, 0.25) is 0 Å². The van der Waals surface area contributed by atoms with Gasteiger partial charge in [-0.2, -0.15) is 5.10 Å². The fraction of sp³-hybridized carbons (Fsp3) is 0.333. The molecule has 0 saturated heterocycles. The van der Waals surface area contributed by atoms with Crippen molar-refractivity contribution >= 4 is 21.6 Å². The van der Waals surface area contributed by atoms with Gasteiger partial charge < -0.3 is 14.8 Å². The van der Waals surface area contributed by atoms with Gasteiger partial charge in [0.05, 0.1) is 10.1 Å². The summed E-state index contributed by atoms with van der Waals surface area (Å²) in [5, 5.41) is 6.69. The first-order chi connectivity index (χ1) is 15.6. The molecule has 0 radical (unpaired) electrons. The lowest BCUT2D eigenvalue weighted by Crippen LogP contribution is -2.24. The summed E-state index contributed by atoms with van der Waals surface area (Å²) in [6.45, 7) is 3.95. The summed E-state index contributed by atoms with van der Waals surface area (Å²) >= 11 is 0. The average molecular weight is 468 g/mol. The van der Waals surface area contributed by atoms with Gasteiger partial charge in [0.15, 0.2) is 15.7 Å². The van der Waals surface area contributed by atoms with Crippen LogP contribution in [0.5, 0.6) is 17.2 Å². The predicted octanol–water partition coefficient (Wildman–Crippen LogP) is 4.11. The number of hydrogen-bond donors (Lipinski definition) is 1. The molecule has 172 valence electrons. The molecule has 0 spiro atoms. The highest BCUT2D eigenvalue weighted by Gasteiger charge is 2.37. The molecule has 5 rings (SSSR count). The standard InChI is InChI=1S/C24H25N3O5S/c1-24(2)14-19-20(31-16-4-6-17(7-5-16)33(29,30)18-8-9-18)12-15(13-21(19)32-24)23(28)25-22-10-11-27(3)26-22/h4-7,10-13,18H,8-9,14H2,1-3H3,(H,25,26,28). The Labute approximate surface area is 192 Å². The number of hydrogen-bond acceptors (Lipinski definition) is 6. The van der Waals surface area contributed by atoms with E-state index in [1.54, 1.807) is 60.4 Å². The van der Waals surface area contributed by atoms with E-state index in [9.17, 15) is 13.2 Å². The summed E-state index contributed by atoms with van der Waals surface area (Å²) in [6, 6.07) is 11.5. The van der Waals surface area contributed by atoms with Crippen molar-refractivity contribution in [3.8, 4) is 17.2 Å². The first-order valence-electron chi connectivity index (χ1n) is 10.8. The highest BCUT2D eigenvalue weighted by molar-refractivity contribution is 7.92. The molecule has 9 heteroatoms. The van der Waals surface area contributed by atoms with E-state index < -0.39 is 15.4 Å². The van der Waals surface area contributed by atoms with Crippen LogP contribution in [0.25, 0.3) is 0 Å². The Balaban J connectivity index is 1.44. The maximum absolute atomic E-state index is 12.9. The van der Waals surface area contributed by atoms with Crippen molar-refractivity contribution in [2.75, 3.05) is 5.32 Å². The van der Waals surface area contributed by atoms with Gasteiger partial charge in [-0.05, 0) is 63.1 Å². The molecule has 0 atom stereocenters. The molecule has 2 aromatic carbocycles. The SMILES string of the molecule is Cn1ccc(NC(=O)c2cc(Oc3ccc(S(=O)(=O)C4CC4)cc3)c3c(c2)OC(C)(C)C3)n1. The van der Waals surface area contributed by atoms with E-state index in [1.807, 2.05) is 13.8 Å². The summed E-state index contributed by atoms with van der Waals surface area (Å²) in [5.74, 6) is 1.69. The molecule has 0 unspecified atom stereocenters. The van der Waals surface area contributed by atoms with Crippen LogP contribution in [0, 0.1) is 0 Å². The molecule has 1 fully saturated rings. The third-order valence-corrected chi connectivity index (χ3v) is 8.00. The van der Waals surface area contributed by atoms with E-state index in [-0.39, 0.29) is 11.2 Å². The lowest BCUT2D eigenvalue weighted by molar-refractivity contribution is 0.102. The molecule has 8 nitrogen and oxygen atoms in total. The number of aromatic nitrogens is 2. The fourth-order valence-corrected chi connectivity index (χ4v) is 5.59. The number of nitrogens with one attached hydrogen (secondary N) is 1. The van der Waals surface area contributed by atoms with Crippen LogP contribution in [0.15, 0.2) is 53.6 Å². The average Bonchev–Trinajstić information content (AvgIpc) is 3.46. The van der Waals surface area contributed by atoms with E-state index in [0.29, 0.717) is 39.9 Å². The largest absolute Gasteiger partial charge is 0.487 e. The molecule has 33 heavy (non-hydrogen) atoms. The zero-order valence-electron chi connectivity index (χ0n) is 18.7. The molecule has 1 N–H and O–H groups in total. The van der Waals surface area contributed by atoms with Crippen LogP contribution >= 0.6 is 0 Å². The van der Waals surface area contributed by atoms with Crippen molar-refractivity contribution in [3.63, 3.8) is 0 Å². The van der Waals surface area contributed by atoms with Gasteiger partial charge in [0.1, 0.15) is 22.8 Å². The number of sulfone groups is 1. The number of carbonyl (C=O) groups is 1. The summed E-state index contributed by atoms with van der Waals surface area (Å²) in [4.78, 5) is 13.2. The van der Waals surface area contributed by atoms with Crippen LogP contribution in [0.4, 0.5) is 5.82 Å². The number of nitrogens with zero attached hydrogens (tertiary/aromatic N) is 2. The molecule has 1 saturated carbocycles. The van der Waals surface area contributed by atoms with Crippen LogP contribution < -0.4 is 14.8 Å². The molecule has 1 aliphatic heterocycles. The van der Waals surface area contributed by atoms with Gasteiger partial charge in [-0.25, -0.2) is 8.42 Å². The molecule has 3 aromatic rings. The van der Waals surface area contributed by atoms with Gasteiger partial charge in [-0.15, -0.1) is 0 Å². The number of benzene rings is 2. The zero-order valence-corrected chi connectivity index (χ0v) is 19.5. The Morgan fingerprint density at radius 3 is 2.55 bits per heavy atom. The quantitative estimate of drug-likeness (QED) is 0.586. The number of fused-ring (bicyclic) bond motifs is 1. The van der Waals surface area contributed by atoms with Gasteiger partial charge >= 0.3 is 0 Å². The molecular weight excluding hydrogens is 442 g/mol. The minimum Gasteiger partial charge on any atom is -0.487 e. The highest BCUT2D eigenvalue weighted by atomic mass is 32.2. The van der Waals surface area contributed by atoms with Crippen LogP contribution in [-0.2, 0) is 23.3 Å². The van der Waals surface area contributed by atoms with Crippen molar-refractivity contribution in [2.24, 2.45) is 7.05 Å². The number of ether oxygens (including phenoxy) is 2. The Kier molecular flexibility index (Phi) is 4.97. The first-order valence-corrected chi connectivity index (χ1v) is 12.3. The van der Waals surface area contributed by atoms with E-state index in [1.165, 1.54) is 0 Å². The van der Waals surface area contributed by atoms with E-state index >= 15 is 0 Å². The van der Waals surface area contributed by atoms with Crippen LogP contribution in [0.3, 0.4) is 0 Å². The maximum atomic E-state index is 12.9. The Bertz CT molecular complexity index is 1340. The van der Waals surface area contributed by atoms with Gasteiger partial charge in [-0.3, -0.25) is 9.48 Å². The lowest BCUT2D eigenvalue weighted by Gasteiger charge is -2.16. The van der Waals surface area contributed by atoms with Crippen molar-refractivity contribution in [3.05, 3.63) is 59.8 Å². The summed E-state index contributed by atoms with van der Waals surface area (Å²) < 4.78 is 38.7. The van der Waals surface area contributed by atoms with E-state index in [4.69, 9.17) is 9.47 Å². The number of anilines is 1. The molecule has 1 aromatic heterocycles. The third-order valence-electron chi connectivity index (χ3n) is 5.72. The summed E-state index contributed by atoms with van der Waals surface area (Å²) in [7, 11) is -1.49. The highest BCUT2D eigenvalue weighted by Crippen LogP contribution is 2.43. The second-order valence-corrected chi connectivity index (χ2v) is 11.4. The van der Waals surface area contributed by atoms with Gasteiger partial charge in [0.25, 0.3) is 5.91 Å². The molecular formula is C24H25N3O5S. The normalized spacial score (nSPS) is 16.7. The van der Waals surface area contributed by atoms with Crippen molar-refractivity contribution in [1.29, 1.82) is 0 Å². The van der Waals surface area contributed by atoms with E-state index in [0.717, 1.165) is 18.4 Å². The number of rotatable bonds is 6. The number of amides is 1. The number of carbonyl (C=O) groups excluding carboxylic acids is 1. The molecule has 1 aliphatic carbocycles. The van der Waals surface area contributed by atoms with Crippen LogP contribution in [0.2, 0.25) is 0 Å². The topological polar surface area (TPSA) is 99.5 Å². The molecule has 1 amide bonds. The molecule has 2 aliphatic rings. The summed E-state index contributed by atoms with van der Waals surface area (Å²) in [6.07, 6.45) is 3.80. The maximum Gasteiger partial charge on any atom is 0.257 e. The van der Waals surface area contributed by atoms with Gasteiger partial charge in [0, 0.05) is 36.9 Å². The van der Waals surface area contributed by atoms with E-state index in [2.05, 4.69) is 10.4 Å². The Morgan fingerprint density at radius 1 is 1.18 bits per heavy atom. The van der Waals surface area contributed by atoms with Crippen LogP contribution in [0.1, 0.15) is 42.6 Å². The monoisotopic (exact) mass is 467 g/mol. The second-order valence-electron chi connectivity index (χ2n) is 9.14. The van der Waals surface area contributed by atoms with Crippen molar-refractivity contribution in [1.82, 2.24) is 9.78 Å². The fourth-order valence-electron chi connectivity index (χ4n) is 3.93. The van der Waals surface area contributed by atoms with Crippen molar-refractivity contribution < 1.29 is 22.7 Å². The third kappa shape index (κ3) is 4.32. The first kappa shape index (κ1) is 21.5. The van der Waals surface area contributed by atoms with Crippen LogP contribution in [-0.4, -0.2) is 35.0 Å². The Morgan fingerprint density at radius 2 is 1.91 bits per heavy atom. The minimum atomic E-state index is -3.26.